The molecule has 1 aliphatic rings. The second kappa shape index (κ2) is 9.79. The van der Waals surface area contributed by atoms with Gasteiger partial charge < -0.3 is 15.2 Å². The number of carbonyl (C=O) groups excluding carboxylic acids is 1. The number of hydrogen-bond acceptors (Lipinski definition) is 5. The van der Waals surface area contributed by atoms with Gasteiger partial charge in [-0.05, 0) is 41.5 Å². The van der Waals surface area contributed by atoms with E-state index >= 15 is 0 Å². The summed E-state index contributed by atoms with van der Waals surface area (Å²) in [5.74, 6) is -0.854. The first kappa shape index (κ1) is 27.0. The SMILES string of the molecule is COC1(Cl)C=C(C(O)(c2ccc(Cl)cc2)C(F)(F)F)C=C(Cl)C1NC(=O)c1cccc([N+](=O)[O-])c1. The third kappa shape index (κ3) is 5.17. The topological polar surface area (TPSA) is 102 Å². The molecular weight excluding hydrogens is 536 g/mol. The molecule has 1 amide bonds. The summed E-state index contributed by atoms with van der Waals surface area (Å²) in [6.45, 7) is 0. The minimum Gasteiger partial charge on any atom is -0.372 e. The number of ether oxygens (including phenoxy) is 1. The van der Waals surface area contributed by atoms with Crippen molar-refractivity contribution in [2.75, 3.05) is 7.11 Å². The van der Waals surface area contributed by atoms with Crippen molar-refractivity contribution in [3.8, 4) is 0 Å². The van der Waals surface area contributed by atoms with E-state index < -0.39 is 49.9 Å². The minimum absolute atomic E-state index is 0.124. The molecule has 0 bridgehead atoms. The molecule has 0 saturated carbocycles. The lowest BCUT2D eigenvalue weighted by Gasteiger charge is -2.40. The maximum absolute atomic E-state index is 14.2. The summed E-state index contributed by atoms with van der Waals surface area (Å²) in [5, 5.41) is 21.9. The second-order valence-electron chi connectivity index (χ2n) is 7.46. The fourth-order valence-corrected chi connectivity index (χ4v) is 4.28. The van der Waals surface area contributed by atoms with Gasteiger partial charge in [0.05, 0.1) is 4.92 Å². The Bertz CT molecular complexity index is 1220. The largest absolute Gasteiger partial charge is 0.425 e. The van der Waals surface area contributed by atoms with Crippen LogP contribution in [-0.2, 0) is 10.3 Å². The zero-order chi connectivity index (χ0) is 26.2. The molecule has 2 N–H and O–H groups in total. The molecule has 3 unspecified atom stereocenters. The number of rotatable bonds is 6. The average molecular weight is 552 g/mol. The van der Waals surface area contributed by atoms with Crippen LogP contribution in [0.4, 0.5) is 18.9 Å². The van der Waals surface area contributed by atoms with E-state index in [9.17, 15) is 33.2 Å². The third-order valence-electron chi connectivity index (χ3n) is 5.31. The number of alkyl halides is 4. The van der Waals surface area contributed by atoms with Gasteiger partial charge in [0.1, 0.15) is 6.04 Å². The Labute approximate surface area is 211 Å². The van der Waals surface area contributed by atoms with E-state index in [1.807, 2.05) is 0 Å². The van der Waals surface area contributed by atoms with Gasteiger partial charge in [0.15, 0.2) is 5.06 Å². The van der Waals surface area contributed by atoms with Crippen molar-refractivity contribution in [1.82, 2.24) is 5.32 Å². The van der Waals surface area contributed by atoms with Crippen molar-refractivity contribution in [2.45, 2.75) is 22.9 Å². The molecule has 0 spiro atoms. The molecule has 0 fully saturated rings. The summed E-state index contributed by atoms with van der Waals surface area (Å²) in [5.41, 5.74) is -5.34. The normalized spacial score (nSPS) is 22.0. The van der Waals surface area contributed by atoms with Crippen LogP contribution in [0.15, 0.2) is 71.3 Å². The molecule has 0 heterocycles. The van der Waals surface area contributed by atoms with Gasteiger partial charge in [-0.2, -0.15) is 13.2 Å². The molecule has 0 aromatic heterocycles. The number of non-ortho nitro benzene ring substituents is 1. The van der Waals surface area contributed by atoms with Crippen LogP contribution < -0.4 is 5.32 Å². The first-order chi connectivity index (χ1) is 16.2. The number of nitro benzene ring substituents is 1. The van der Waals surface area contributed by atoms with Crippen LogP contribution in [0.5, 0.6) is 0 Å². The van der Waals surface area contributed by atoms with Crippen molar-refractivity contribution in [3.05, 3.63) is 97.6 Å². The summed E-state index contributed by atoms with van der Waals surface area (Å²) in [4.78, 5) is 23.0. The van der Waals surface area contributed by atoms with Gasteiger partial charge in [0.25, 0.3) is 11.6 Å². The number of nitro groups is 1. The van der Waals surface area contributed by atoms with Crippen LogP contribution in [0.2, 0.25) is 5.02 Å². The zero-order valence-corrected chi connectivity index (χ0v) is 19.9. The Morgan fingerprint density at radius 1 is 1.20 bits per heavy atom. The van der Waals surface area contributed by atoms with Crippen LogP contribution in [0.1, 0.15) is 15.9 Å². The summed E-state index contributed by atoms with van der Waals surface area (Å²) >= 11 is 18.5. The summed E-state index contributed by atoms with van der Waals surface area (Å²) < 4.78 is 47.7. The number of nitrogens with one attached hydrogen (secondary N) is 1. The zero-order valence-electron chi connectivity index (χ0n) is 17.6. The van der Waals surface area contributed by atoms with Gasteiger partial charge in [-0.25, -0.2) is 0 Å². The van der Waals surface area contributed by atoms with Crippen LogP contribution in [0.3, 0.4) is 0 Å². The van der Waals surface area contributed by atoms with Crippen LogP contribution in [0, 0.1) is 10.1 Å². The van der Waals surface area contributed by atoms with Gasteiger partial charge in [0.2, 0.25) is 5.60 Å². The van der Waals surface area contributed by atoms with E-state index in [0.717, 1.165) is 37.5 Å². The summed E-state index contributed by atoms with van der Waals surface area (Å²) in [6, 6.07) is 7.68. The molecular formula is C22H16Cl3F3N2O5. The Kier molecular flexibility index (Phi) is 7.54. The Morgan fingerprint density at radius 2 is 1.83 bits per heavy atom. The molecule has 2 aromatic carbocycles. The fraction of sp³-hybridized carbons (Fsp3) is 0.227. The lowest BCUT2D eigenvalue weighted by molar-refractivity contribution is -0.384. The fourth-order valence-electron chi connectivity index (χ4n) is 3.47. The highest BCUT2D eigenvalue weighted by molar-refractivity contribution is 6.33. The number of hydrogen-bond donors (Lipinski definition) is 2. The van der Waals surface area contributed by atoms with E-state index in [4.69, 9.17) is 39.5 Å². The van der Waals surface area contributed by atoms with E-state index in [1.165, 1.54) is 30.3 Å². The molecule has 3 rings (SSSR count). The van der Waals surface area contributed by atoms with Gasteiger partial charge in [-0.15, -0.1) is 0 Å². The van der Waals surface area contributed by atoms with Crippen LogP contribution >= 0.6 is 34.8 Å². The summed E-state index contributed by atoms with van der Waals surface area (Å²) in [7, 11) is 1.07. The maximum Gasteiger partial charge on any atom is 0.425 e. The number of nitrogens with zero attached hydrogens (tertiary/aromatic N) is 1. The minimum atomic E-state index is -5.22. The predicted molar refractivity (Wildman–Crippen MR) is 123 cm³/mol. The Morgan fingerprint density at radius 3 is 2.37 bits per heavy atom. The standard InChI is InChI=1S/C22H16Cl3F3N2O5/c1-35-20(25)11-14(21(32,22(26,27)28)13-5-7-15(23)8-6-13)10-17(24)18(20)29-19(31)12-3-2-4-16(9-12)30(33)34/h2-11,18,32H,1H3,(H,29,31). The molecule has 2 aromatic rings. The van der Waals surface area contributed by atoms with E-state index in [2.05, 4.69) is 5.32 Å². The third-order valence-corrected chi connectivity index (χ3v) is 6.37. The van der Waals surface area contributed by atoms with Crippen molar-refractivity contribution < 1.29 is 32.7 Å². The van der Waals surface area contributed by atoms with Gasteiger partial charge in [-0.3, -0.25) is 14.9 Å². The van der Waals surface area contributed by atoms with E-state index in [1.54, 1.807) is 0 Å². The molecule has 7 nitrogen and oxygen atoms in total. The molecule has 0 aliphatic heterocycles. The van der Waals surface area contributed by atoms with Gasteiger partial charge in [-0.1, -0.05) is 53.0 Å². The lowest BCUT2D eigenvalue weighted by Crippen LogP contribution is -2.53. The number of halogens is 6. The molecule has 0 saturated heterocycles. The Hall–Kier alpha value is -2.63. The number of amides is 1. The highest BCUT2D eigenvalue weighted by Crippen LogP contribution is 2.49. The number of benzene rings is 2. The molecule has 35 heavy (non-hydrogen) atoms. The van der Waals surface area contributed by atoms with Crippen molar-refractivity contribution >= 4 is 46.4 Å². The highest BCUT2D eigenvalue weighted by Gasteiger charge is 2.59. The molecule has 1 aliphatic carbocycles. The quantitative estimate of drug-likeness (QED) is 0.283. The first-order valence-electron chi connectivity index (χ1n) is 9.68. The van der Waals surface area contributed by atoms with Crippen molar-refractivity contribution in [3.63, 3.8) is 0 Å². The smallest absolute Gasteiger partial charge is 0.372 e. The van der Waals surface area contributed by atoms with Crippen molar-refractivity contribution in [1.29, 1.82) is 0 Å². The van der Waals surface area contributed by atoms with Crippen molar-refractivity contribution in [2.24, 2.45) is 0 Å². The molecule has 0 radical (unpaired) electrons. The van der Waals surface area contributed by atoms with Crippen LogP contribution in [0.25, 0.3) is 0 Å². The maximum atomic E-state index is 14.2. The predicted octanol–water partition coefficient (Wildman–Crippen LogP) is 5.44. The second-order valence-corrected chi connectivity index (χ2v) is 8.92. The highest BCUT2D eigenvalue weighted by atomic mass is 35.5. The van der Waals surface area contributed by atoms with E-state index in [0.29, 0.717) is 0 Å². The molecule has 3 atom stereocenters. The first-order valence-corrected chi connectivity index (χ1v) is 10.8. The van der Waals surface area contributed by atoms with E-state index in [-0.39, 0.29) is 16.3 Å². The number of methoxy groups -OCH3 is 1. The monoisotopic (exact) mass is 550 g/mol. The summed E-state index contributed by atoms with van der Waals surface area (Å²) in [6.07, 6.45) is -3.60. The lowest BCUT2D eigenvalue weighted by atomic mass is 9.81. The average Bonchev–Trinajstić information content (AvgIpc) is 2.80. The molecule has 186 valence electrons. The number of aliphatic hydroxyl groups is 1. The van der Waals surface area contributed by atoms with Crippen LogP contribution in [-0.4, -0.2) is 40.3 Å². The van der Waals surface area contributed by atoms with Gasteiger partial charge >= 0.3 is 6.18 Å². The Balaban J connectivity index is 2.03. The molecule has 13 heteroatoms. The number of carbonyl (C=O) groups is 1. The van der Waals surface area contributed by atoms with Gasteiger partial charge in [0, 0.05) is 34.9 Å².